The molecule has 20 heavy (non-hydrogen) atoms. The summed E-state index contributed by atoms with van der Waals surface area (Å²) in [5.74, 6) is 0. The molecule has 1 aromatic heterocycles. The highest BCUT2D eigenvalue weighted by molar-refractivity contribution is 5.81. The van der Waals surface area contributed by atoms with Gasteiger partial charge in [0.25, 0.3) is 0 Å². The fourth-order valence-corrected chi connectivity index (χ4v) is 3.29. The lowest BCUT2D eigenvalue weighted by molar-refractivity contribution is -0.107. The van der Waals surface area contributed by atoms with Gasteiger partial charge >= 0.3 is 0 Å². The van der Waals surface area contributed by atoms with Crippen molar-refractivity contribution in [2.45, 2.75) is 45.4 Å². The van der Waals surface area contributed by atoms with Crippen LogP contribution < -0.4 is 0 Å². The molecule has 1 fully saturated rings. The first-order valence-electron chi connectivity index (χ1n) is 7.54. The van der Waals surface area contributed by atoms with E-state index in [1.807, 2.05) is 0 Å². The predicted molar refractivity (Wildman–Crippen MR) is 80.5 cm³/mol. The number of hydrogen-bond donors (Lipinski definition) is 1. The number of rotatable bonds is 5. The van der Waals surface area contributed by atoms with Gasteiger partial charge in [0, 0.05) is 31.6 Å². The second-order valence-electron chi connectivity index (χ2n) is 5.90. The molecule has 4 nitrogen and oxygen atoms in total. The van der Waals surface area contributed by atoms with Gasteiger partial charge in [-0.05, 0) is 19.4 Å². The molecule has 1 aliphatic heterocycles. The maximum absolute atomic E-state index is 10.3. The van der Waals surface area contributed by atoms with Crippen LogP contribution in [0.4, 0.5) is 0 Å². The van der Waals surface area contributed by atoms with Gasteiger partial charge in [0.1, 0.15) is 0 Å². The number of hydrogen-bond acceptors (Lipinski definition) is 3. The number of aliphatic hydroxyl groups is 1. The average Bonchev–Trinajstić information content (AvgIpc) is 2.76. The van der Waals surface area contributed by atoms with Gasteiger partial charge < -0.3 is 5.11 Å². The molecule has 2 aromatic rings. The molecular weight excluding hydrogens is 250 g/mol. The van der Waals surface area contributed by atoms with Crippen LogP contribution in [0, 0.1) is 0 Å². The van der Waals surface area contributed by atoms with Crippen molar-refractivity contribution in [1.29, 1.82) is 0 Å². The van der Waals surface area contributed by atoms with Crippen molar-refractivity contribution in [3.05, 3.63) is 30.0 Å². The van der Waals surface area contributed by atoms with Crippen LogP contribution in [0.25, 0.3) is 10.9 Å². The number of aromatic nitrogens is 2. The molecule has 1 aromatic carbocycles. The third-order valence-corrected chi connectivity index (χ3v) is 4.16. The smallest absolute Gasteiger partial charge is 0.0900 e. The molecule has 0 amide bonds. The Kier molecular flexibility index (Phi) is 3.52. The monoisotopic (exact) mass is 273 g/mol. The SMILES string of the molecule is CCCC1(O)CN(Cc2nn(CC)c3ccccc23)C1. The van der Waals surface area contributed by atoms with Gasteiger partial charge in [-0.3, -0.25) is 9.58 Å². The molecule has 0 unspecified atom stereocenters. The minimum atomic E-state index is -0.460. The Morgan fingerprint density at radius 1 is 1.25 bits per heavy atom. The lowest BCUT2D eigenvalue weighted by atomic mass is 9.89. The van der Waals surface area contributed by atoms with E-state index in [9.17, 15) is 5.11 Å². The summed E-state index contributed by atoms with van der Waals surface area (Å²) in [5.41, 5.74) is 1.87. The zero-order valence-electron chi connectivity index (χ0n) is 12.3. The molecule has 0 radical (unpaired) electrons. The summed E-state index contributed by atoms with van der Waals surface area (Å²) in [6.07, 6.45) is 1.94. The van der Waals surface area contributed by atoms with Gasteiger partial charge in [-0.25, -0.2) is 0 Å². The summed E-state index contributed by atoms with van der Waals surface area (Å²) >= 11 is 0. The third-order valence-electron chi connectivity index (χ3n) is 4.16. The number of benzene rings is 1. The van der Waals surface area contributed by atoms with E-state index < -0.39 is 5.60 Å². The lowest BCUT2D eigenvalue weighted by Gasteiger charge is -2.46. The van der Waals surface area contributed by atoms with Crippen LogP contribution in [0.1, 0.15) is 32.4 Å². The molecule has 2 heterocycles. The van der Waals surface area contributed by atoms with Gasteiger partial charge in [-0.2, -0.15) is 5.10 Å². The van der Waals surface area contributed by atoms with E-state index >= 15 is 0 Å². The standard InChI is InChI=1S/C16H23N3O/c1-3-9-16(20)11-18(12-16)10-14-13-7-5-6-8-15(13)19(4-2)17-14/h5-8,20H,3-4,9-12H2,1-2H3. The van der Waals surface area contributed by atoms with Crippen LogP contribution in [-0.4, -0.2) is 38.5 Å². The molecule has 1 saturated heterocycles. The molecule has 0 atom stereocenters. The van der Waals surface area contributed by atoms with E-state index in [1.54, 1.807) is 0 Å². The number of nitrogens with zero attached hydrogens (tertiary/aromatic N) is 3. The highest BCUT2D eigenvalue weighted by Crippen LogP contribution is 2.28. The first kappa shape index (κ1) is 13.6. The fraction of sp³-hybridized carbons (Fsp3) is 0.562. The van der Waals surface area contributed by atoms with Crippen LogP contribution in [-0.2, 0) is 13.1 Å². The Labute approximate surface area is 120 Å². The van der Waals surface area contributed by atoms with Crippen LogP contribution in [0.2, 0.25) is 0 Å². The number of aryl methyl sites for hydroxylation is 1. The number of β-amino-alcohol motifs (C(OH)–C–C–N with tert-alkyl or cyclic N) is 1. The van der Waals surface area contributed by atoms with Gasteiger partial charge in [0.15, 0.2) is 0 Å². The molecular formula is C16H23N3O. The van der Waals surface area contributed by atoms with E-state index in [2.05, 4.69) is 47.7 Å². The zero-order chi connectivity index (χ0) is 14.2. The Hall–Kier alpha value is -1.39. The molecule has 3 rings (SSSR count). The minimum Gasteiger partial charge on any atom is -0.387 e. The lowest BCUT2D eigenvalue weighted by Crippen LogP contribution is -2.61. The Bertz CT molecular complexity index is 599. The molecule has 0 saturated carbocycles. The Balaban J connectivity index is 1.76. The van der Waals surface area contributed by atoms with Gasteiger partial charge in [0.05, 0.1) is 16.8 Å². The first-order valence-corrected chi connectivity index (χ1v) is 7.54. The quantitative estimate of drug-likeness (QED) is 0.909. The first-order chi connectivity index (χ1) is 9.65. The maximum Gasteiger partial charge on any atom is 0.0900 e. The average molecular weight is 273 g/mol. The fourth-order valence-electron chi connectivity index (χ4n) is 3.29. The van der Waals surface area contributed by atoms with Gasteiger partial charge in [-0.15, -0.1) is 0 Å². The van der Waals surface area contributed by atoms with Crippen LogP contribution in [0.3, 0.4) is 0 Å². The van der Waals surface area contributed by atoms with E-state index in [0.29, 0.717) is 0 Å². The molecule has 4 heteroatoms. The highest BCUT2D eigenvalue weighted by atomic mass is 16.3. The zero-order valence-corrected chi connectivity index (χ0v) is 12.3. The van der Waals surface area contributed by atoms with Crippen molar-refractivity contribution >= 4 is 10.9 Å². The van der Waals surface area contributed by atoms with Crippen molar-refractivity contribution in [3.63, 3.8) is 0 Å². The molecule has 0 aliphatic carbocycles. The number of likely N-dealkylation sites (tertiary alicyclic amines) is 1. The summed E-state index contributed by atoms with van der Waals surface area (Å²) in [6.45, 7) is 7.51. The summed E-state index contributed by atoms with van der Waals surface area (Å²) in [4.78, 5) is 2.28. The second kappa shape index (κ2) is 5.19. The summed E-state index contributed by atoms with van der Waals surface area (Å²) < 4.78 is 2.06. The number of para-hydroxylation sites is 1. The molecule has 0 spiro atoms. The maximum atomic E-state index is 10.3. The molecule has 1 N–H and O–H groups in total. The van der Waals surface area contributed by atoms with E-state index in [-0.39, 0.29) is 0 Å². The van der Waals surface area contributed by atoms with E-state index in [4.69, 9.17) is 5.10 Å². The molecule has 108 valence electrons. The molecule has 1 aliphatic rings. The Morgan fingerprint density at radius 3 is 2.70 bits per heavy atom. The number of fused-ring (bicyclic) bond motifs is 1. The largest absolute Gasteiger partial charge is 0.387 e. The van der Waals surface area contributed by atoms with Crippen molar-refractivity contribution in [2.75, 3.05) is 13.1 Å². The molecule has 0 bridgehead atoms. The highest BCUT2D eigenvalue weighted by Gasteiger charge is 2.40. The van der Waals surface area contributed by atoms with E-state index in [1.165, 1.54) is 10.9 Å². The van der Waals surface area contributed by atoms with Crippen molar-refractivity contribution < 1.29 is 5.11 Å². The second-order valence-corrected chi connectivity index (χ2v) is 5.90. The third kappa shape index (κ3) is 2.34. The van der Waals surface area contributed by atoms with Crippen molar-refractivity contribution in [3.8, 4) is 0 Å². The van der Waals surface area contributed by atoms with Gasteiger partial charge in [0.2, 0.25) is 0 Å². The normalized spacial score (nSPS) is 18.4. The van der Waals surface area contributed by atoms with Crippen LogP contribution in [0.5, 0.6) is 0 Å². The van der Waals surface area contributed by atoms with Crippen molar-refractivity contribution in [1.82, 2.24) is 14.7 Å². The minimum absolute atomic E-state index is 0.460. The van der Waals surface area contributed by atoms with Crippen LogP contribution >= 0.6 is 0 Å². The summed E-state index contributed by atoms with van der Waals surface area (Å²) in [7, 11) is 0. The van der Waals surface area contributed by atoms with E-state index in [0.717, 1.165) is 44.7 Å². The summed E-state index contributed by atoms with van der Waals surface area (Å²) in [6, 6.07) is 8.39. The van der Waals surface area contributed by atoms with Crippen molar-refractivity contribution in [2.24, 2.45) is 0 Å². The van der Waals surface area contributed by atoms with Gasteiger partial charge in [-0.1, -0.05) is 31.5 Å². The predicted octanol–water partition coefficient (Wildman–Crippen LogP) is 2.40. The topological polar surface area (TPSA) is 41.3 Å². The van der Waals surface area contributed by atoms with Crippen LogP contribution in [0.15, 0.2) is 24.3 Å². The summed E-state index contributed by atoms with van der Waals surface area (Å²) in [5, 5.41) is 16.2. The Morgan fingerprint density at radius 2 is 2.00 bits per heavy atom.